The van der Waals surface area contributed by atoms with Crippen molar-refractivity contribution in [1.82, 2.24) is 9.55 Å². The third kappa shape index (κ3) is 12.4. The summed E-state index contributed by atoms with van der Waals surface area (Å²) < 4.78 is 21.3. The fourth-order valence-electron chi connectivity index (χ4n) is 5.07. The molecule has 8 aromatic rings. The molecule has 8 rings (SSSR count). The number of nitrogens with one attached hydrogen (secondary N) is 1. The topological polar surface area (TPSA) is 70.1 Å². The first-order valence-corrected chi connectivity index (χ1v) is 16.8. The van der Waals surface area contributed by atoms with Crippen molar-refractivity contribution >= 4 is 105 Å². The first kappa shape index (κ1) is 42.7. The Hall–Kier alpha value is -0.757. The zero-order chi connectivity index (χ0) is 34.3. The molecule has 0 bridgehead atoms. The van der Waals surface area contributed by atoms with Gasteiger partial charge in [0.2, 0.25) is 0 Å². The van der Waals surface area contributed by atoms with Gasteiger partial charge in [0, 0.05) is 50.8 Å². The van der Waals surface area contributed by atoms with E-state index in [0.717, 1.165) is 8.95 Å². The zero-order valence-corrected chi connectivity index (χ0v) is 38.4. The van der Waals surface area contributed by atoms with Gasteiger partial charge in [0.05, 0.1) is 19.6 Å². The summed E-state index contributed by atoms with van der Waals surface area (Å²) in [6.07, 6.45) is 0. The molecule has 0 amide bonds. The molecule has 240 valence electrons. The van der Waals surface area contributed by atoms with Gasteiger partial charge < -0.3 is 21.1 Å². The molecule has 0 saturated carbocycles. The number of aromatic nitrogens is 2. The van der Waals surface area contributed by atoms with E-state index in [9.17, 15) is 4.39 Å². The number of para-hydroxylation sites is 4. The second kappa shape index (κ2) is 23.7. The minimum Gasteiger partial charge on any atom is -1.00 e. The number of fused-ring (bicyclic) bond motifs is 6. The quantitative estimate of drug-likeness (QED) is 0.0868. The largest absolute Gasteiger partial charge is 1.00 e. The molecule has 6 aromatic carbocycles. The standard InChI is InChI=1S/C18H12BrN.C12H9N.C6H4BrI.CH3F.CH2O3.2K.H/c19-13-6-5-7-14(12-13)20-17-10-3-1-8-15(17)16-9-2-4-11-18(16)20;1-3-7-11-9(5-1)10-6-2-4-8-12(10)13-11;7-5-2-1-3-6(8)4-5;1-2;2-1-4-3;;;/h1-12H;1-8,13H;1-4H;1H3;1,3H;;;/q;;;;;2*+1;-1/p-1/i;;;1D;;;;. The number of hydrogen-bond donors (Lipinski definition) is 1. The molecule has 0 aliphatic carbocycles. The number of rotatable bonds is 2. The summed E-state index contributed by atoms with van der Waals surface area (Å²) in [7, 11) is -1.00. The number of hydrogen-bond acceptors (Lipinski definition) is 3. The Balaban J connectivity index is 0.000000364. The maximum absolute atomic E-state index is 9.96. The van der Waals surface area contributed by atoms with Crippen LogP contribution in [-0.2, 0) is 9.68 Å². The first-order chi connectivity index (χ1) is 23.4. The molecule has 0 fully saturated rings. The Morgan fingerprint density at radius 3 is 1.53 bits per heavy atom. The van der Waals surface area contributed by atoms with Gasteiger partial charge in [-0.05, 0) is 83.3 Å². The van der Waals surface area contributed by atoms with Crippen molar-refractivity contribution in [2.24, 2.45) is 0 Å². The predicted molar refractivity (Wildman–Crippen MR) is 206 cm³/mol. The van der Waals surface area contributed by atoms with E-state index < -0.39 is 7.15 Å². The van der Waals surface area contributed by atoms with Crippen molar-refractivity contribution in [3.63, 3.8) is 0 Å². The Bertz CT molecular complexity index is 2120. The van der Waals surface area contributed by atoms with Gasteiger partial charge in [-0.25, -0.2) is 0 Å². The zero-order valence-electron chi connectivity index (χ0n) is 28.8. The molecule has 2 aromatic heterocycles. The molecule has 11 heteroatoms. The van der Waals surface area contributed by atoms with Gasteiger partial charge in [0.1, 0.15) is 0 Å². The van der Waals surface area contributed by atoms with E-state index in [0.29, 0.717) is 0 Å². The van der Waals surface area contributed by atoms with Crippen molar-refractivity contribution in [1.29, 1.82) is 0 Å². The Morgan fingerprint density at radius 2 is 1.12 bits per heavy atom. The van der Waals surface area contributed by atoms with Crippen molar-refractivity contribution in [3.05, 3.63) is 158 Å². The van der Waals surface area contributed by atoms with Crippen molar-refractivity contribution in [3.8, 4) is 5.69 Å². The molecule has 0 saturated heterocycles. The van der Waals surface area contributed by atoms with Crippen LogP contribution in [0.15, 0.2) is 155 Å². The van der Waals surface area contributed by atoms with Crippen LogP contribution in [0.1, 0.15) is 2.80 Å². The van der Waals surface area contributed by atoms with Crippen molar-refractivity contribution < 1.29 is 125 Å². The average molecular weight is 948 g/mol. The number of nitrogens with zero attached hydrogens (tertiary/aromatic N) is 1. The number of aromatic amines is 1. The van der Waals surface area contributed by atoms with E-state index in [1.165, 1.54) is 52.9 Å². The van der Waals surface area contributed by atoms with Crippen LogP contribution in [-0.4, -0.2) is 23.2 Å². The van der Waals surface area contributed by atoms with E-state index in [1.807, 2.05) is 12.1 Å². The van der Waals surface area contributed by atoms with Gasteiger partial charge in [0.15, 0.2) is 0 Å². The van der Waals surface area contributed by atoms with E-state index in [-0.39, 0.29) is 111 Å². The van der Waals surface area contributed by atoms with Crippen LogP contribution in [0.25, 0.3) is 49.3 Å². The molecule has 0 aliphatic heterocycles. The van der Waals surface area contributed by atoms with Crippen LogP contribution in [0.2, 0.25) is 0 Å². The molecular formula is C38H30Br2FIK2N2O3. The fraction of sp³-hybridized carbons (Fsp3) is 0.0263. The van der Waals surface area contributed by atoms with Crippen LogP contribution in [0.4, 0.5) is 4.39 Å². The number of H-pyrrole nitrogens is 1. The monoisotopic (exact) mass is 945 g/mol. The predicted octanol–water partition coefficient (Wildman–Crippen LogP) is 5.06. The number of carbonyl (C=O) groups excluding carboxylic acids is 1. The van der Waals surface area contributed by atoms with Gasteiger partial charge >= 0.3 is 103 Å². The van der Waals surface area contributed by atoms with Crippen LogP contribution in [0.5, 0.6) is 0 Å². The molecule has 49 heavy (non-hydrogen) atoms. The van der Waals surface area contributed by atoms with Crippen LogP contribution in [0.3, 0.4) is 0 Å². The average Bonchev–Trinajstić information content (AvgIpc) is 3.65. The Morgan fingerprint density at radius 1 is 0.714 bits per heavy atom. The third-order valence-electron chi connectivity index (χ3n) is 6.89. The van der Waals surface area contributed by atoms with Gasteiger partial charge in [-0.2, -0.15) is 0 Å². The van der Waals surface area contributed by atoms with Crippen LogP contribution in [0, 0.1) is 3.57 Å². The number of alkyl halides is 1. The molecule has 5 nitrogen and oxygen atoms in total. The maximum atomic E-state index is 9.96. The minimum atomic E-state index is -1.00. The molecular weight excluding hydrogens is 916 g/mol. The van der Waals surface area contributed by atoms with Gasteiger partial charge in [-0.3, -0.25) is 9.18 Å². The summed E-state index contributed by atoms with van der Waals surface area (Å²) in [5.41, 5.74) is 6.09. The molecule has 0 aliphatic rings. The normalized spacial score (nSPS) is 9.86. The number of halogens is 4. The molecule has 0 radical (unpaired) electrons. The third-order valence-corrected chi connectivity index (χ3v) is 8.54. The van der Waals surface area contributed by atoms with E-state index in [1.54, 1.807) is 0 Å². The second-order valence-electron chi connectivity index (χ2n) is 9.70. The molecule has 0 unspecified atom stereocenters. The molecule has 0 atom stereocenters. The molecule has 0 spiro atoms. The summed E-state index contributed by atoms with van der Waals surface area (Å²) in [5, 5.41) is 13.6. The summed E-state index contributed by atoms with van der Waals surface area (Å²) in [6, 6.07) is 50.5. The molecule has 1 N–H and O–H groups in total. The van der Waals surface area contributed by atoms with Gasteiger partial charge in [0.25, 0.3) is 6.47 Å². The summed E-state index contributed by atoms with van der Waals surface area (Å²) >= 11 is 9.20. The van der Waals surface area contributed by atoms with E-state index >= 15 is 0 Å². The van der Waals surface area contributed by atoms with Crippen molar-refractivity contribution in [2.45, 2.75) is 0 Å². The molecule has 2 heterocycles. The smallest absolute Gasteiger partial charge is 1.00 e. The number of benzene rings is 6. The van der Waals surface area contributed by atoms with Gasteiger partial charge in [-0.1, -0.05) is 117 Å². The minimum absolute atomic E-state index is 0. The summed E-state index contributed by atoms with van der Waals surface area (Å²) in [5.74, 6) is 0. The van der Waals surface area contributed by atoms with Crippen molar-refractivity contribution in [2.75, 3.05) is 7.15 Å². The van der Waals surface area contributed by atoms with Crippen LogP contribution >= 0.6 is 54.5 Å². The Labute approximate surface area is 403 Å². The van der Waals surface area contributed by atoms with Crippen LogP contribution < -0.4 is 108 Å². The number of carbonyl (C=O) groups is 1. The van der Waals surface area contributed by atoms with E-state index in [4.69, 9.17) is 11.4 Å². The summed E-state index contributed by atoms with van der Waals surface area (Å²) in [6.45, 7) is -0.181. The first-order valence-electron chi connectivity index (χ1n) is 14.8. The summed E-state index contributed by atoms with van der Waals surface area (Å²) in [4.78, 5) is 14.6. The maximum Gasteiger partial charge on any atom is 1.00 e. The van der Waals surface area contributed by atoms with Gasteiger partial charge in [-0.15, -0.1) is 0 Å². The van der Waals surface area contributed by atoms with E-state index in [2.05, 4.69) is 202 Å². The SMILES string of the molecule is Brc1cccc(-n2c3ccccc3c3ccccc32)c1.Brc1cccc(I)c1.O=CO[O-].[2H]CF.[H-].[K+].[K+].c1ccc2c(c1)[nH]c1ccccc12. The second-order valence-corrected chi connectivity index (χ2v) is 12.8. The Kier molecular flexibility index (Phi) is 20.7. The fourth-order valence-corrected chi connectivity index (χ4v) is 6.83.